The van der Waals surface area contributed by atoms with Crippen molar-refractivity contribution in [2.24, 2.45) is 5.73 Å². The zero-order valence-electron chi connectivity index (χ0n) is 11.9. The maximum atomic E-state index is 12.1. The molecule has 2 rings (SSSR count). The molecule has 1 saturated carbocycles. The molecule has 0 unspecified atom stereocenters. The Hall–Kier alpha value is -1.80. The van der Waals surface area contributed by atoms with Gasteiger partial charge in [0.1, 0.15) is 9.88 Å². The normalized spacial score (nSPS) is 14.0. The maximum Gasteiger partial charge on any atom is 0.263 e. The molecule has 0 radical (unpaired) electrons. The van der Waals surface area contributed by atoms with E-state index in [0.29, 0.717) is 29.6 Å². The van der Waals surface area contributed by atoms with Crippen molar-refractivity contribution in [1.29, 1.82) is 0 Å². The van der Waals surface area contributed by atoms with Crippen LogP contribution < -0.4 is 22.1 Å². The van der Waals surface area contributed by atoms with E-state index in [1.165, 1.54) is 0 Å². The first kappa shape index (κ1) is 15.6. The molecule has 0 aromatic carbocycles. The number of amides is 2. The number of ether oxygens (including phenoxy) is 1. The fraction of sp³-hybridized carbons (Fsp3) is 0.538. The topological polar surface area (TPSA) is 119 Å². The minimum atomic E-state index is -0.645. The van der Waals surface area contributed by atoms with Crippen LogP contribution in [-0.4, -0.2) is 37.6 Å². The molecule has 0 aliphatic heterocycles. The first-order valence-electron chi connectivity index (χ1n) is 6.89. The van der Waals surface area contributed by atoms with Gasteiger partial charge in [-0.3, -0.25) is 9.59 Å². The number of nitrogen functional groups attached to an aromatic ring is 1. The van der Waals surface area contributed by atoms with Crippen molar-refractivity contribution < 1.29 is 14.3 Å². The zero-order valence-corrected chi connectivity index (χ0v) is 12.7. The highest BCUT2D eigenvalue weighted by Crippen LogP contribution is 2.35. The Morgan fingerprint density at radius 2 is 2.14 bits per heavy atom. The van der Waals surface area contributed by atoms with Crippen LogP contribution in [0.1, 0.15) is 39.8 Å². The fourth-order valence-corrected chi connectivity index (χ4v) is 2.90. The third-order valence-electron chi connectivity index (χ3n) is 3.05. The summed E-state index contributed by atoms with van der Waals surface area (Å²) in [5, 5.41) is 6.42. The van der Waals surface area contributed by atoms with Crippen LogP contribution >= 0.6 is 11.3 Å². The van der Waals surface area contributed by atoms with Crippen LogP contribution in [-0.2, 0) is 4.74 Å². The van der Waals surface area contributed by atoms with Crippen LogP contribution in [0.5, 0.6) is 0 Å². The van der Waals surface area contributed by atoms with Gasteiger partial charge < -0.3 is 26.8 Å². The number of thiophene rings is 1. The second-order valence-corrected chi connectivity index (χ2v) is 5.81. The number of carbonyl (C=O) groups is 2. The summed E-state index contributed by atoms with van der Waals surface area (Å²) in [5.41, 5.74) is 11.6. The van der Waals surface area contributed by atoms with Gasteiger partial charge in [0, 0.05) is 19.2 Å². The van der Waals surface area contributed by atoms with E-state index < -0.39 is 5.91 Å². The molecule has 0 spiro atoms. The van der Waals surface area contributed by atoms with Gasteiger partial charge >= 0.3 is 0 Å². The van der Waals surface area contributed by atoms with E-state index in [1.807, 2.05) is 6.92 Å². The van der Waals surface area contributed by atoms with Crippen LogP contribution in [0.15, 0.2) is 0 Å². The first-order chi connectivity index (χ1) is 10.0. The van der Waals surface area contributed by atoms with Gasteiger partial charge in [-0.05, 0) is 19.8 Å². The van der Waals surface area contributed by atoms with Crippen molar-refractivity contribution in [1.82, 2.24) is 5.32 Å². The lowest BCUT2D eigenvalue weighted by atomic mass is 10.2. The molecule has 0 bridgehead atoms. The van der Waals surface area contributed by atoms with Gasteiger partial charge in [0.25, 0.3) is 11.8 Å². The van der Waals surface area contributed by atoms with Crippen molar-refractivity contribution in [3.05, 3.63) is 10.4 Å². The number of carbonyl (C=O) groups excluding carboxylic acids is 2. The van der Waals surface area contributed by atoms with Crippen LogP contribution in [0.25, 0.3) is 0 Å². The first-order valence-corrected chi connectivity index (χ1v) is 7.70. The van der Waals surface area contributed by atoms with Crippen LogP contribution in [0.2, 0.25) is 0 Å². The molecule has 8 heteroatoms. The molecule has 0 atom stereocenters. The lowest BCUT2D eigenvalue weighted by molar-refractivity contribution is 0.0955. The molecular formula is C13H20N4O3S. The predicted molar refractivity (Wildman–Crippen MR) is 82.7 cm³/mol. The summed E-state index contributed by atoms with van der Waals surface area (Å²) in [7, 11) is 0. The largest absolute Gasteiger partial charge is 0.397 e. The molecule has 1 aliphatic rings. The minimum absolute atomic E-state index is 0.143. The monoisotopic (exact) mass is 312 g/mol. The number of anilines is 2. The van der Waals surface area contributed by atoms with Gasteiger partial charge in [-0.25, -0.2) is 0 Å². The molecule has 1 heterocycles. The maximum absolute atomic E-state index is 12.1. The Kier molecular flexibility index (Phi) is 5.03. The van der Waals surface area contributed by atoms with Gasteiger partial charge in [-0.15, -0.1) is 11.3 Å². The minimum Gasteiger partial charge on any atom is -0.397 e. The van der Waals surface area contributed by atoms with E-state index in [4.69, 9.17) is 16.2 Å². The third kappa shape index (κ3) is 3.85. The second-order valence-electron chi connectivity index (χ2n) is 4.78. The molecule has 116 valence electrons. The van der Waals surface area contributed by atoms with Crippen molar-refractivity contribution in [3.63, 3.8) is 0 Å². The Morgan fingerprint density at radius 3 is 2.71 bits per heavy atom. The Bertz CT molecular complexity index is 540. The van der Waals surface area contributed by atoms with E-state index in [2.05, 4.69) is 10.6 Å². The summed E-state index contributed by atoms with van der Waals surface area (Å²) in [4.78, 5) is 24.0. The Morgan fingerprint density at radius 1 is 1.43 bits per heavy atom. The highest BCUT2D eigenvalue weighted by atomic mass is 32.1. The highest BCUT2D eigenvalue weighted by molar-refractivity contribution is 7.19. The summed E-state index contributed by atoms with van der Waals surface area (Å²) < 4.78 is 5.22. The smallest absolute Gasteiger partial charge is 0.263 e. The van der Waals surface area contributed by atoms with E-state index in [9.17, 15) is 9.59 Å². The molecule has 6 N–H and O–H groups in total. The number of primary amides is 1. The number of nitrogens with two attached hydrogens (primary N) is 2. The fourth-order valence-electron chi connectivity index (χ4n) is 1.84. The van der Waals surface area contributed by atoms with Crippen molar-refractivity contribution in [3.8, 4) is 0 Å². The van der Waals surface area contributed by atoms with E-state index in [-0.39, 0.29) is 23.2 Å². The van der Waals surface area contributed by atoms with E-state index in [1.54, 1.807) is 0 Å². The number of hydrogen-bond donors (Lipinski definition) is 4. The summed E-state index contributed by atoms with van der Waals surface area (Å²) in [5.74, 6) is -0.895. The lowest BCUT2D eigenvalue weighted by Crippen LogP contribution is -2.25. The van der Waals surface area contributed by atoms with Crippen molar-refractivity contribution in [2.75, 3.05) is 30.8 Å². The van der Waals surface area contributed by atoms with Crippen LogP contribution in [0.3, 0.4) is 0 Å². The Labute approximate surface area is 127 Å². The molecule has 1 aromatic heterocycles. The average molecular weight is 312 g/mol. The average Bonchev–Trinajstić information content (AvgIpc) is 3.16. The summed E-state index contributed by atoms with van der Waals surface area (Å²) >= 11 is 1.15. The summed E-state index contributed by atoms with van der Waals surface area (Å²) in [6.45, 7) is 3.53. The number of nitrogens with one attached hydrogen (secondary N) is 2. The molecule has 1 aliphatic carbocycles. The van der Waals surface area contributed by atoms with Crippen LogP contribution in [0, 0.1) is 0 Å². The molecule has 1 aromatic rings. The third-order valence-corrected chi connectivity index (χ3v) is 4.21. The summed E-state index contributed by atoms with van der Waals surface area (Å²) in [6, 6.07) is 0.227. The molecule has 7 nitrogen and oxygen atoms in total. The van der Waals surface area contributed by atoms with Gasteiger partial charge in [0.05, 0.1) is 17.9 Å². The lowest BCUT2D eigenvalue weighted by Gasteiger charge is -2.05. The van der Waals surface area contributed by atoms with Gasteiger partial charge in [-0.2, -0.15) is 0 Å². The van der Waals surface area contributed by atoms with Crippen molar-refractivity contribution >= 4 is 33.8 Å². The number of rotatable bonds is 8. The Balaban J connectivity index is 2.13. The van der Waals surface area contributed by atoms with Gasteiger partial charge in [0.15, 0.2) is 0 Å². The second kappa shape index (κ2) is 6.77. The van der Waals surface area contributed by atoms with E-state index in [0.717, 1.165) is 24.2 Å². The summed E-state index contributed by atoms with van der Waals surface area (Å²) in [6.07, 6.45) is 1.97. The SMILES string of the molecule is CCOCCNc1sc(C(=O)NC2CC2)c(N)c1C(N)=O. The van der Waals surface area contributed by atoms with Gasteiger partial charge in [0.2, 0.25) is 0 Å². The van der Waals surface area contributed by atoms with Crippen molar-refractivity contribution in [2.45, 2.75) is 25.8 Å². The zero-order chi connectivity index (χ0) is 15.4. The molecule has 2 amide bonds. The highest BCUT2D eigenvalue weighted by Gasteiger charge is 2.28. The van der Waals surface area contributed by atoms with Gasteiger partial charge in [-0.1, -0.05) is 0 Å². The quantitative estimate of drug-likeness (QED) is 0.529. The number of hydrogen-bond acceptors (Lipinski definition) is 6. The standard InChI is InChI=1S/C13H20N4O3S/c1-2-20-6-5-16-13-8(11(15)18)9(14)10(21-13)12(19)17-7-3-4-7/h7,16H,2-6,14H2,1H3,(H2,15,18)(H,17,19). The molecule has 0 saturated heterocycles. The predicted octanol–water partition coefficient (Wildman–Crippen LogP) is 0.770. The molecule has 1 fully saturated rings. The van der Waals surface area contributed by atoms with E-state index >= 15 is 0 Å². The van der Waals surface area contributed by atoms with Crippen LogP contribution in [0.4, 0.5) is 10.7 Å². The molecular weight excluding hydrogens is 292 g/mol. The molecule has 21 heavy (non-hydrogen) atoms.